The van der Waals surface area contributed by atoms with Crippen LogP contribution in [-0.4, -0.2) is 32.7 Å². The van der Waals surface area contributed by atoms with Crippen LogP contribution >= 0.6 is 0 Å². The summed E-state index contributed by atoms with van der Waals surface area (Å²) < 4.78 is 7.24. The number of rotatable bonds is 3. The van der Waals surface area contributed by atoms with Gasteiger partial charge in [-0.3, -0.25) is 9.59 Å². The second-order valence-corrected chi connectivity index (χ2v) is 6.25. The van der Waals surface area contributed by atoms with E-state index in [2.05, 4.69) is 15.3 Å². The van der Waals surface area contributed by atoms with Gasteiger partial charge in [0, 0.05) is 27.8 Å². The van der Waals surface area contributed by atoms with E-state index in [0.717, 1.165) is 0 Å². The number of carbonyl (C=O) groups is 2. The van der Waals surface area contributed by atoms with E-state index in [1.807, 2.05) is 0 Å². The molecule has 0 saturated heterocycles. The molecule has 0 radical (unpaired) electrons. The molecule has 0 amide bonds. The van der Waals surface area contributed by atoms with Crippen LogP contribution in [-0.2, 0) is 0 Å². The molecule has 1 aliphatic rings. The van der Waals surface area contributed by atoms with Crippen LogP contribution in [0.25, 0.3) is 11.3 Å². The zero-order valence-electron chi connectivity index (χ0n) is 14.4. The van der Waals surface area contributed by atoms with Crippen LogP contribution in [0.5, 0.6) is 0 Å². The third-order valence-electron chi connectivity index (χ3n) is 4.56. The van der Waals surface area contributed by atoms with Gasteiger partial charge in [0.25, 0.3) is 0 Å². The van der Waals surface area contributed by atoms with Gasteiger partial charge in [0.05, 0.1) is 6.21 Å². The Bertz CT molecular complexity index is 1250. The van der Waals surface area contributed by atoms with Crippen molar-refractivity contribution in [3.8, 4) is 11.3 Å². The second kappa shape index (κ2) is 6.24. The van der Waals surface area contributed by atoms with Crippen molar-refractivity contribution in [2.45, 2.75) is 0 Å². The van der Waals surface area contributed by atoms with Crippen molar-refractivity contribution < 1.29 is 14.0 Å². The smallest absolute Gasteiger partial charge is 0.194 e. The summed E-state index contributed by atoms with van der Waals surface area (Å²) in [6.07, 6.45) is 4.46. The molecule has 28 heavy (non-hydrogen) atoms. The minimum Gasteiger partial charge on any atom is -0.455 e. The lowest BCUT2D eigenvalue weighted by Crippen LogP contribution is -2.20. The summed E-state index contributed by atoms with van der Waals surface area (Å²) >= 11 is 0. The molecule has 1 aliphatic carbocycles. The molecule has 0 saturated carbocycles. The third kappa shape index (κ3) is 2.57. The summed E-state index contributed by atoms with van der Waals surface area (Å²) in [5, 5.41) is 11.5. The molecule has 0 fully saturated rings. The van der Waals surface area contributed by atoms with Crippen molar-refractivity contribution >= 4 is 17.8 Å². The van der Waals surface area contributed by atoms with E-state index in [1.54, 1.807) is 54.6 Å². The van der Waals surface area contributed by atoms with Crippen molar-refractivity contribution in [2.75, 3.05) is 0 Å². The lowest BCUT2D eigenvalue weighted by molar-refractivity contribution is 0.0979. The molecular formula is C21H12N4O3. The van der Waals surface area contributed by atoms with Crippen molar-refractivity contribution in [2.24, 2.45) is 5.10 Å². The number of aromatic nitrogens is 3. The Hall–Kier alpha value is -4.13. The SMILES string of the molecule is O=C1c2ccccc2C(=O)c2cc(-c3ccc(C=Nn4cnnc4)o3)ccc21. The molecule has 134 valence electrons. The lowest BCUT2D eigenvalue weighted by atomic mass is 9.83. The lowest BCUT2D eigenvalue weighted by Gasteiger charge is -2.17. The third-order valence-corrected chi connectivity index (χ3v) is 4.56. The maximum Gasteiger partial charge on any atom is 0.194 e. The Morgan fingerprint density at radius 3 is 2.25 bits per heavy atom. The zero-order valence-corrected chi connectivity index (χ0v) is 14.4. The molecule has 2 aromatic carbocycles. The molecule has 4 aromatic rings. The van der Waals surface area contributed by atoms with Crippen LogP contribution in [0, 0.1) is 0 Å². The average molecular weight is 368 g/mol. The van der Waals surface area contributed by atoms with Crippen molar-refractivity contribution in [1.29, 1.82) is 0 Å². The van der Waals surface area contributed by atoms with E-state index < -0.39 is 0 Å². The van der Waals surface area contributed by atoms with E-state index in [0.29, 0.717) is 39.3 Å². The summed E-state index contributed by atoms with van der Waals surface area (Å²) in [5.74, 6) is 0.812. The van der Waals surface area contributed by atoms with Gasteiger partial charge < -0.3 is 4.42 Å². The van der Waals surface area contributed by atoms with E-state index in [4.69, 9.17) is 4.42 Å². The van der Waals surface area contributed by atoms with Crippen LogP contribution in [0.15, 0.2) is 76.8 Å². The van der Waals surface area contributed by atoms with Gasteiger partial charge in [-0.15, -0.1) is 10.2 Å². The predicted octanol–water partition coefficient (Wildman–Crippen LogP) is 3.20. The summed E-state index contributed by atoms with van der Waals surface area (Å²) in [7, 11) is 0. The Kier molecular flexibility index (Phi) is 3.58. The normalized spacial score (nSPS) is 13.0. The van der Waals surface area contributed by atoms with Gasteiger partial charge in [0.15, 0.2) is 11.6 Å². The average Bonchev–Trinajstić information content (AvgIpc) is 3.42. The molecule has 7 heteroatoms. The topological polar surface area (TPSA) is 90.3 Å². The molecule has 0 atom stereocenters. The highest BCUT2D eigenvalue weighted by molar-refractivity contribution is 6.28. The molecule has 0 spiro atoms. The van der Waals surface area contributed by atoms with Gasteiger partial charge in [-0.2, -0.15) is 5.10 Å². The van der Waals surface area contributed by atoms with Gasteiger partial charge in [-0.25, -0.2) is 4.68 Å². The van der Waals surface area contributed by atoms with Crippen molar-refractivity contribution in [1.82, 2.24) is 14.9 Å². The standard InChI is InChI=1S/C21H12N4O3/c26-20-15-3-1-2-4-16(15)21(27)18-9-13(5-7-17(18)20)19-8-6-14(28-19)10-24-25-11-22-23-12-25/h1-12H. The molecule has 0 N–H and O–H groups in total. The first-order valence-corrected chi connectivity index (χ1v) is 8.52. The fraction of sp³-hybridized carbons (Fsp3) is 0. The largest absolute Gasteiger partial charge is 0.455 e. The Balaban J connectivity index is 1.50. The van der Waals surface area contributed by atoms with Gasteiger partial charge in [-0.05, 0) is 24.3 Å². The molecule has 0 bridgehead atoms. The van der Waals surface area contributed by atoms with Gasteiger partial charge >= 0.3 is 0 Å². The van der Waals surface area contributed by atoms with Crippen LogP contribution in [0.1, 0.15) is 37.6 Å². The first kappa shape index (κ1) is 16.1. The van der Waals surface area contributed by atoms with E-state index in [-0.39, 0.29) is 11.6 Å². The highest BCUT2D eigenvalue weighted by atomic mass is 16.3. The Morgan fingerprint density at radius 1 is 0.821 bits per heavy atom. The molecule has 0 unspecified atom stereocenters. The first-order chi connectivity index (χ1) is 13.7. The maximum absolute atomic E-state index is 12.9. The minimum atomic E-state index is -0.159. The first-order valence-electron chi connectivity index (χ1n) is 8.52. The minimum absolute atomic E-state index is 0.141. The van der Waals surface area contributed by atoms with Crippen LogP contribution < -0.4 is 0 Å². The zero-order chi connectivity index (χ0) is 19.1. The van der Waals surface area contributed by atoms with E-state index >= 15 is 0 Å². The molecule has 2 heterocycles. The predicted molar refractivity (Wildman–Crippen MR) is 100 cm³/mol. The van der Waals surface area contributed by atoms with Crippen LogP contribution in [0.4, 0.5) is 0 Å². The van der Waals surface area contributed by atoms with Gasteiger partial charge in [-0.1, -0.05) is 30.3 Å². The quantitative estimate of drug-likeness (QED) is 0.456. The molecule has 5 rings (SSSR count). The number of furan rings is 1. The van der Waals surface area contributed by atoms with Crippen molar-refractivity contribution in [3.63, 3.8) is 0 Å². The fourth-order valence-electron chi connectivity index (χ4n) is 3.21. The monoisotopic (exact) mass is 368 g/mol. The number of fused-ring (bicyclic) bond motifs is 2. The summed E-state index contributed by atoms with van der Waals surface area (Å²) in [6.45, 7) is 0. The summed E-state index contributed by atoms with van der Waals surface area (Å²) in [4.78, 5) is 25.6. The number of carbonyl (C=O) groups excluding carboxylic acids is 2. The molecule has 2 aromatic heterocycles. The maximum atomic E-state index is 12.9. The highest BCUT2D eigenvalue weighted by Gasteiger charge is 2.29. The van der Waals surface area contributed by atoms with Crippen LogP contribution in [0.2, 0.25) is 0 Å². The number of hydrogen-bond acceptors (Lipinski definition) is 6. The summed E-state index contributed by atoms with van der Waals surface area (Å²) in [6, 6.07) is 15.6. The Morgan fingerprint density at radius 2 is 1.50 bits per heavy atom. The number of benzene rings is 2. The number of nitrogens with zero attached hydrogens (tertiary/aromatic N) is 4. The highest BCUT2D eigenvalue weighted by Crippen LogP contribution is 2.31. The molecular weight excluding hydrogens is 356 g/mol. The second-order valence-electron chi connectivity index (χ2n) is 6.25. The van der Waals surface area contributed by atoms with E-state index in [9.17, 15) is 9.59 Å². The van der Waals surface area contributed by atoms with Crippen LogP contribution in [0.3, 0.4) is 0 Å². The number of hydrogen-bond donors (Lipinski definition) is 0. The van der Waals surface area contributed by atoms with Gasteiger partial charge in [0.2, 0.25) is 0 Å². The van der Waals surface area contributed by atoms with Gasteiger partial charge in [0.1, 0.15) is 24.2 Å². The van der Waals surface area contributed by atoms with Crippen molar-refractivity contribution in [3.05, 3.63) is 95.3 Å². The fourth-order valence-corrected chi connectivity index (χ4v) is 3.21. The van der Waals surface area contributed by atoms with E-state index in [1.165, 1.54) is 23.5 Å². The molecule has 0 aliphatic heterocycles. The molecule has 7 nitrogen and oxygen atoms in total. The summed E-state index contributed by atoms with van der Waals surface area (Å²) in [5.41, 5.74) is 2.38. The Labute approximate surface area is 159 Å². The number of ketones is 2.